The molecule has 8 nitrogen and oxygen atoms in total. The van der Waals surface area contributed by atoms with Gasteiger partial charge in [-0.05, 0) is 38.3 Å². The van der Waals surface area contributed by atoms with E-state index in [2.05, 4.69) is 15.5 Å². The lowest BCUT2D eigenvalue weighted by Crippen LogP contribution is -2.47. The van der Waals surface area contributed by atoms with Crippen molar-refractivity contribution in [2.45, 2.75) is 6.92 Å². The van der Waals surface area contributed by atoms with E-state index in [-0.39, 0.29) is 17.6 Å². The Morgan fingerprint density at radius 3 is 2.50 bits per heavy atom. The molecule has 1 aromatic carbocycles. The van der Waals surface area contributed by atoms with Crippen LogP contribution in [0.2, 0.25) is 0 Å². The average molecular weight is 404 g/mol. The van der Waals surface area contributed by atoms with Crippen LogP contribution in [0.15, 0.2) is 36.4 Å². The molecule has 0 radical (unpaired) electrons. The maximum atomic E-state index is 12.8. The number of amides is 2. The molecular formula is C19H24N4O4S. The van der Waals surface area contributed by atoms with Gasteiger partial charge in [-0.1, -0.05) is 12.1 Å². The number of ether oxygens (including phenoxy) is 1. The minimum absolute atomic E-state index is 0.0251. The number of nitrogens with zero attached hydrogens (tertiary/aromatic N) is 2. The second kappa shape index (κ2) is 10.5. The first kappa shape index (κ1) is 21.5. The third-order valence-electron chi connectivity index (χ3n) is 4.09. The Labute approximate surface area is 169 Å². The van der Waals surface area contributed by atoms with E-state index in [9.17, 15) is 14.4 Å². The molecule has 1 fully saturated rings. The number of likely N-dealkylation sites (N-methyl/N-ethyl adjacent to an activating group) is 1. The van der Waals surface area contributed by atoms with Crippen LogP contribution in [0.3, 0.4) is 0 Å². The highest BCUT2D eigenvalue weighted by Crippen LogP contribution is 2.18. The van der Waals surface area contributed by atoms with E-state index < -0.39 is 11.9 Å². The standard InChI is InChI=1S/C19H24N4O4S/c1-3-27-17(25)9-8-16(24)21-19(28)20-15-7-5-4-6-14(15)18(26)23-12-10-22(2)11-13-23/h4-9H,3,10-13H2,1-2H3,(H2,20,21,24,28)/b9-8+. The Bertz CT molecular complexity index is 773. The van der Waals surface area contributed by atoms with Crippen LogP contribution in [0.1, 0.15) is 17.3 Å². The van der Waals surface area contributed by atoms with Crippen molar-refractivity contribution in [3.05, 3.63) is 42.0 Å². The van der Waals surface area contributed by atoms with Crippen LogP contribution >= 0.6 is 12.2 Å². The summed E-state index contributed by atoms with van der Waals surface area (Å²) in [6.07, 6.45) is 2.06. The number of esters is 1. The maximum absolute atomic E-state index is 12.8. The molecule has 150 valence electrons. The van der Waals surface area contributed by atoms with Gasteiger partial charge < -0.3 is 19.9 Å². The number of thiocarbonyl (C=S) groups is 1. The number of nitrogens with one attached hydrogen (secondary N) is 2. The predicted octanol–water partition coefficient (Wildman–Crippen LogP) is 1.01. The Morgan fingerprint density at radius 1 is 1.14 bits per heavy atom. The van der Waals surface area contributed by atoms with Crippen LogP contribution in [-0.4, -0.2) is 72.5 Å². The summed E-state index contributed by atoms with van der Waals surface area (Å²) in [6.45, 7) is 4.85. The van der Waals surface area contributed by atoms with Crippen molar-refractivity contribution >= 4 is 40.8 Å². The number of carbonyl (C=O) groups is 3. The van der Waals surface area contributed by atoms with Gasteiger partial charge in [0.15, 0.2) is 5.11 Å². The molecule has 0 saturated carbocycles. The second-order valence-corrected chi connectivity index (χ2v) is 6.58. The Balaban J connectivity index is 1.98. The van der Waals surface area contributed by atoms with Crippen LogP contribution in [0.25, 0.3) is 0 Å². The molecule has 1 aromatic rings. The van der Waals surface area contributed by atoms with Crippen molar-refractivity contribution in [1.82, 2.24) is 15.1 Å². The minimum atomic E-state index is -0.611. The SMILES string of the molecule is CCOC(=O)/C=C/C(=O)NC(=S)Nc1ccccc1C(=O)N1CCN(C)CC1. The molecule has 1 heterocycles. The van der Waals surface area contributed by atoms with Gasteiger partial charge in [0.2, 0.25) is 5.91 Å². The number of hydrogen-bond donors (Lipinski definition) is 2. The Hall–Kier alpha value is -2.78. The van der Waals surface area contributed by atoms with Gasteiger partial charge in [0.25, 0.3) is 5.91 Å². The lowest BCUT2D eigenvalue weighted by Gasteiger charge is -2.32. The van der Waals surface area contributed by atoms with E-state index in [1.54, 1.807) is 36.1 Å². The molecule has 0 aliphatic carbocycles. The van der Waals surface area contributed by atoms with Crippen LogP contribution in [0.5, 0.6) is 0 Å². The first-order valence-corrected chi connectivity index (χ1v) is 9.35. The van der Waals surface area contributed by atoms with E-state index in [0.717, 1.165) is 25.2 Å². The monoisotopic (exact) mass is 404 g/mol. The quantitative estimate of drug-likeness (QED) is 0.430. The van der Waals surface area contributed by atoms with Crippen LogP contribution < -0.4 is 10.6 Å². The molecule has 1 aliphatic rings. The first-order valence-electron chi connectivity index (χ1n) is 8.94. The molecule has 0 unspecified atom stereocenters. The molecule has 9 heteroatoms. The molecule has 28 heavy (non-hydrogen) atoms. The molecule has 1 saturated heterocycles. The highest BCUT2D eigenvalue weighted by molar-refractivity contribution is 7.80. The molecular weight excluding hydrogens is 380 g/mol. The van der Waals surface area contributed by atoms with Crippen molar-refractivity contribution < 1.29 is 19.1 Å². The molecule has 2 amide bonds. The number of anilines is 1. The van der Waals surface area contributed by atoms with Crippen molar-refractivity contribution in [2.24, 2.45) is 0 Å². The lowest BCUT2D eigenvalue weighted by atomic mass is 10.1. The zero-order valence-electron chi connectivity index (χ0n) is 15.9. The fourth-order valence-electron chi connectivity index (χ4n) is 2.60. The maximum Gasteiger partial charge on any atom is 0.330 e. The highest BCUT2D eigenvalue weighted by atomic mass is 32.1. The van der Waals surface area contributed by atoms with Gasteiger partial charge in [0.05, 0.1) is 17.9 Å². The fourth-order valence-corrected chi connectivity index (χ4v) is 2.81. The van der Waals surface area contributed by atoms with Gasteiger partial charge >= 0.3 is 5.97 Å². The van der Waals surface area contributed by atoms with E-state index in [1.807, 2.05) is 7.05 Å². The topological polar surface area (TPSA) is 91.0 Å². The lowest BCUT2D eigenvalue weighted by molar-refractivity contribution is -0.137. The smallest absolute Gasteiger partial charge is 0.330 e. The van der Waals surface area contributed by atoms with Gasteiger partial charge in [-0.3, -0.25) is 14.9 Å². The second-order valence-electron chi connectivity index (χ2n) is 6.17. The van der Waals surface area contributed by atoms with Crippen molar-refractivity contribution in [2.75, 3.05) is 45.2 Å². The highest BCUT2D eigenvalue weighted by Gasteiger charge is 2.22. The number of piperazine rings is 1. The summed E-state index contributed by atoms with van der Waals surface area (Å²) in [4.78, 5) is 39.9. The third kappa shape index (κ3) is 6.43. The van der Waals surface area contributed by atoms with Crippen LogP contribution in [-0.2, 0) is 14.3 Å². The molecule has 0 bridgehead atoms. The first-order chi connectivity index (χ1) is 13.4. The Kier molecular flexibility index (Phi) is 8.09. The molecule has 1 aliphatic heterocycles. The average Bonchev–Trinajstić information content (AvgIpc) is 2.67. The third-order valence-corrected chi connectivity index (χ3v) is 4.29. The van der Waals surface area contributed by atoms with Gasteiger partial charge in [-0.2, -0.15) is 0 Å². The summed E-state index contributed by atoms with van der Waals surface area (Å²) >= 11 is 5.14. The van der Waals surface area contributed by atoms with Crippen molar-refractivity contribution in [3.8, 4) is 0 Å². The zero-order valence-corrected chi connectivity index (χ0v) is 16.8. The number of rotatable bonds is 5. The molecule has 2 rings (SSSR count). The van der Waals surface area contributed by atoms with Gasteiger partial charge in [-0.15, -0.1) is 0 Å². The van der Waals surface area contributed by atoms with Gasteiger partial charge in [0.1, 0.15) is 0 Å². The van der Waals surface area contributed by atoms with Crippen LogP contribution in [0.4, 0.5) is 5.69 Å². The number of benzene rings is 1. The number of carbonyl (C=O) groups excluding carboxylic acids is 3. The van der Waals surface area contributed by atoms with Gasteiger partial charge in [-0.25, -0.2) is 4.79 Å². The summed E-state index contributed by atoms with van der Waals surface area (Å²) in [5.41, 5.74) is 0.983. The Morgan fingerprint density at radius 2 is 1.82 bits per heavy atom. The summed E-state index contributed by atoms with van der Waals surface area (Å²) in [5.74, 6) is -1.28. The number of hydrogen-bond acceptors (Lipinski definition) is 6. The number of para-hydroxylation sites is 1. The summed E-state index contributed by atoms with van der Waals surface area (Å²) in [5, 5.41) is 5.33. The van der Waals surface area contributed by atoms with Crippen molar-refractivity contribution in [1.29, 1.82) is 0 Å². The minimum Gasteiger partial charge on any atom is -0.463 e. The molecule has 0 spiro atoms. The van der Waals surface area contributed by atoms with Gasteiger partial charge in [0, 0.05) is 38.3 Å². The summed E-state index contributed by atoms with van der Waals surface area (Å²) in [7, 11) is 2.02. The normalized spacial score (nSPS) is 14.6. The van der Waals surface area contributed by atoms with E-state index in [0.29, 0.717) is 24.3 Å². The fraction of sp³-hybridized carbons (Fsp3) is 0.368. The molecule has 2 N–H and O–H groups in total. The summed E-state index contributed by atoms with van der Waals surface area (Å²) < 4.78 is 4.70. The van der Waals surface area contributed by atoms with E-state index in [4.69, 9.17) is 17.0 Å². The predicted molar refractivity (Wildman–Crippen MR) is 110 cm³/mol. The van der Waals surface area contributed by atoms with Crippen LogP contribution in [0, 0.1) is 0 Å². The van der Waals surface area contributed by atoms with Crippen molar-refractivity contribution in [3.63, 3.8) is 0 Å². The summed E-state index contributed by atoms with van der Waals surface area (Å²) in [6, 6.07) is 6.98. The molecule has 0 atom stereocenters. The van der Waals surface area contributed by atoms with E-state index >= 15 is 0 Å². The zero-order chi connectivity index (χ0) is 20.5. The molecule has 0 aromatic heterocycles. The largest absolute Gasteiger partial charge is 0.463 e. The van der Waals surface area contributed by atoms with E-state index in [1.165, 1.54) is 0 Å².